The molecule has 0 atom stereocenters. The standard InChI is InChI=1S/C26H28ClN3O.ClH/c1-5-31-22-13-11-21(12-14-22)30-24-16-20(27)10-15-23(24)29-25(30)28-17-18-6-8-19(9-7-18)26(2,3)4;/h6-16H,5,17H2,1-4H3,(H,28,29);1H. The molecule has 0 bridgehead atoms. The molecule has 1 heterocycles. The van der Waals surface area contributed by atoms with E-state index in [-0.39, 0.29) is 17.8 Å². The van der Waals surface area contributed by atoms with Crippen LogP contribution in [0.4, 0.5) is 5.95 Å². The van der Waals surface area contributed by atoms with E-state index in [2.05, 4.69) is 54.9 Å². The molecular weight excluding hydrogens is 441 g/mol. The first-order valence-corrected chi connectivity index (χ1v) is 11.0. The Morgan fingerprint density at radius 1 is 0.969 bits per heavy atom. The van der Waals surface area contributed by atoms with Gasteiger partial charge in [0, 0.05) is 17.3 Å². The van der Waals surface area contributed by atoms with Gasteiger partial charge in [-0.1, -0.05) is 56.6 Å². The van der Waals surface area contributed by atoms with Crippen molar-refractivity contribution in [2.24, 2.45) is 0 Å². The third-order valence-corrected chi connectivity index (χ3v) is 5.53. The van der Waals surface area contributed by atoms with Crippen LogP contribution >= 0.6 is 24.0 Å². The number of benzene rings is 3. The lowest BCUT2D eigenvalue weighted by molar-refractivity contribution is 0.340. The second kappa shape index (κ2) is 9.85. The highest BCUT2D eigenvalue weighted by molar-refractivity contribution is 6.31. The first-order chi connectivity index (χ1) is 14.8. The molecule has 0 spiro atoms. The Labute approximate surface area is 201 Å². The maximum Gasteiger partial charge on any atom is 0.208 e. The Morgan fingerprint density at radius 3 is 2.28 bits per heavy atom. The summed E-state index contributed by atoms with van der Waals surface area (Å²) in [5, 5.41) is 4.20. The van der Waals surface area contributed by atoms with Gasteiger partial charge in [0.15, 0.2) is 0 Å². The smallest absolute Gasteiger partial charge is 0.208 e. The van der Waals surface area contributed by atoms with E-state index in [1.54, 1.807) is 0 Å². The Balaban J connectivity index is 0.00000289. The molecule has 4 rings (SSSR count). The van der Waals surface area contributed by atoms with E-state index < -0.39 is 0 Å². The number of hydrogen-bond donors (Lipinski definition) is 1. The van der Waals surface area contributed by atoms with Gasteiger partial charge in [0.05, 0.1) is 17.6 Å². The molecule has 1 N–H and O–H groups in total. The normalized spacial score (nSPS) is 11.3. The number of fused-ring (bicyclic) bond motifs is 1. The van der Waals surface area contributed by atoms with Crippen LogP contribution in [-0.4, -0.2) is 16.2 Å². The SMILES string of the molecule is CCOc1ccc(-n2c(NCc3ccc(C(C)(C)C)cc3)nc3ccc(Cl)cc32)cc1.Cl. The minimum atomic E-state index is 0. The highest BCUT2D eigenvalue weighted by Crippen LogP contribution is 2.29. The number of anilines is 1. The fourth-order valence-corrected chi connectivity index (χ4v) is 3.76. The van der Waals surface area contributed by atoms with E-state index in [4.69, 9.17) is 21.3 Å². The highest BCUT2D eigenvalue weighted by Gasteiger charge is 2.15. The molecule has 3 aromatic carbocycles. The average molecular weight is 470 g/mol. The molecule has 0 saturated carbocycles. The van der Waals surface area contributed by atoms with Crippen LogP contribution < -0.4 is 10.1 Å². The second-order valence-corrected chi connectivity index (χ2v) is 9.07. The van der Waals surface area contributed by atoms with Gasteiger partial charge in [-0.05, 0) is 65.9 Å². The van der Waals surface area contributed by atoms with Gasteiger partial charge >= 0.3 is 0 Å². The molecule has 4 nitrogen and oxygen atoms in total. The molecule has 0 fully saturated rings. The zero-order valence-corrected chi connectivity index (χ0v) is 20.4. The number of imidazole rings is 1. The maximum absolute atomic E-state index is 6.30. The van der Waals surface area contributed by atoms with Crippen molar-refractivity contribution in [1.29, 1.82) is 0 Å². The zero-order chi connectivity index (χ0) is 22.0. The first kappa shape index (κ1) is 24.0. The van der Waals surface area contributed by atoms with Gasteiger partial charge in [-0.3, -0.25) is 4.57 Å². The van der Waals surface area contributed by atoms with Crippen molar-refractivity contribution in [2.75, 3.05) is 11.9 Å². The van der Waals surface area contributed by atoms with Crippen LogP contribution in [0.15, 0.2) is 66.7 Å². The van der Waals surface area contributed by atoms with E-state index in [1.807, 2.05) is 49.4 Å². The van der Waals surface area contributed by atoms with Crippen molar-refractivity contribution >= 4 is 41.0 Å². The van der Waals surface area contributed by atoms with Crippen LogP contribution in [0.1, 0.15) is 38.8 Å². The molecule has 0 amide bonds. The van der Waals surface area contributed by atoms with Crippen LogP contribution in [-0.2, 0) is 12.0 Å². The Kier molecular flexibility index (Phi) is 7.37. The summed E-state index contributed by atoms with van der Waals surface area (Å²) in [6.07, 6.45) is 0. The number of halogens is 2. The molecule has 4 aromatic rings. The molecule has 32 heavy (non-hydrogen) atoms. The minimum Gasteiger partial charge on any atom is -0.494 e. The summed E-state index contributed by atoms with van der Waals surface area (Å²) in [4.78, 5) is 4.82. The minimum absolute atomic E-state index is 0. The van der Waals surface area contributed by atoms with Crippen molar-refractivity contribution in [3.05, 3.63) is 82.9 Å². The lowest BCUT2D eigenvalue weighted by Gasteiger charge is -2.19. The summed E-state index contributed by atoms with van der Waals surface area (Å²) < 4.78 is 7.69. The number of nitrogens with one attached hydrogen (secondary N) is 1. The maximum atomic E-state index is 6.30. The summed E-state index contributed by atoms with van der Waals surface area (Å²) in [6.45, 7) is 9.98. The highest BCUT2D eigenvalue weighted by atomic mass is 35.5. The molecule has 0 saturated heterocycles. The van der Waals surface area contributed by atoms with E-state index in [0.29, 0.717) is 18.2 Å². The van der Waals surface area contributed by atoms with Crippen LogP contribution in [0, 0.1) is 0 Å². The fourth-order valence-electron chi connectivity index (χ4n) is 3.59. The third-order valence-electron chi connectivity index (χ3n) is 5.29. The van der Waals surface area contributed by atoms with E-state index >= 15 is 0 Å². The van der Waals surface area contributed by atoms with Crippen molar-refractivity contribution in [3.8, 4) is 11.4 Å². The van der Waals surface area contributed by atoms with Crippen molar-refractivity contribution < 1.29 is 4.74 Å². The zero-order valence-electron chi connectivity index (χ0n) is 18.9. The predicted molar refractivity (Wildman–Crippen MR) is 137 cm³/mol. The number of ether oxygens (including phenoxy) is 1. The molecule has 0 radical (unpaired) electrons. The van der Waals surface area contributed by atoms with Crippen LogP contribution in [0.2, 0.25) is 5.02 Å². The lowest BCUT2D eigenvalue weighted by Crippen LogP contribution is -2.11. The largest absolute Gasteiger partial charge is 0.494 e. The summed E-state index contributed by atoms with van der Waals surface area (Å²) in [5.74, 6) is 1.63. The molecular formula is C26H29Cl2N3O. The molecule has 1 aromatic heterocycles. The summed E-state index contributed by atoms with van der Waals surface area (Å²) in [6, 6.07) is 22.5. The van der Waals surface area contributed by atoms with Gasteiger partial charge in [0.2, 0.25) is 5.95 Å². The number of hydrogen-bond acceptors (Lipinski definition) is 3. The van der Waals surface area contributed by atoms with Crippen molar-refractivity contribution in [2.45, 2.75) is 39.7 Å². The van der Waals surface area contributed by atoms with Gasteiger partial charge in [0.1, 0.15) is 5.75 Å². The Morgan fingerprint density at radius 2 is 1.66 bits per heavy atom. The number of aromatic nitrogens is 2. The molecule has 6 heteroatoms. The van der Waals surface area contributed by atoms with E-state index in [9.17, 15) is 0 Å². The molecule has 0 aliphatic rings. The monoisotopic (exact) mass is 469 g/mol. The lowest BCUT2D eigenvalue weighted by atomic mass is 9.87. The Bertz CT molecular complexity index is 1180. The van der Waals surface area contributed by atoms with Crippen LogP contribution in [0.3, 0.4) is 0 Å². The summed E-state index contributed by atoms with van der Waals surface area (Å²) >= 11 is 6.30. The van der Waals surface area contributed by atoms with Crippen molar-refractivity contribution in [1.82, 2.24) is 9.55 Å². The topological polar surface area (TPSA) is 39.1 Å². The predicted octanol–water partition coefficient (Wildman–Crippen LogP) is 7.41. The Hall–Kier alpha value is -2.69. The fraction of sp³-hybridized carbons (Fsp3) is 0.269. The van der Waals surface area contributed by atoms with Gasteiger partial charge < -0.3 is 10.1 Å². The van der Waals surface area contributed by atoms with Gasteiger partial charge in [-0.25, -0.2) is 4.98 Å². The molecule has 0 aliphatic carbocycles. The second-order valence-electron chi connectivity index (χ2n) is 8.63. The van der Waals surface area contributed by atoms with Crippen LogP contribution in [0.5, 0.6) is 5.75 Å². The number of rotatable bonds is 6. The quantitative estimate of drug-likeness (QED) is 0.319. The number of nitrogens with zero attached hydrogens (tertiary/aromatic N) is 2. The van der Waals surface area contributed by atoms with E-state index in [0.717, 1.165) is 28.4 Å². The molecule has 168 valence electrons. The molecule has 0 aliphatic heterocycles. The summed E-state index contributed by atoms with van der Waals surface area (Å²) in [7, 11) is 0. The third kappa shape index (κ3) is 5.20. The molecule has 0 unspecified atom stereocenters. The first-order valence-electron chi connectivity index (χ1n) is 10.6. The van der Waals surface area contributed by atoms with Gasteiger partial charge in [0.25, 0.3) is 0 Å². The van der Waals surface area contributed by atoms with Gasteiger partial charge in [-0.2, -0.15) is 0 Å². The average Bonchev–Trinajstić information content (AvgIpc) is 3.10. The van der Waals surface area contributed by atoms with Gasteiger partial charge in [-0.15, -0.1) is 12.4 Å². The van der Waals surface area contributed by atoms with E-state index in [1.165, 1.54) is 11.1 Å². The van der Waals surface area contributed by atoms with Crippen molar-refractivity contribution in [3.63, 3.8) is 0 Å². The summed E-state index contributed by atoms with van der Waals surface area (Å²) in [5.41, 5.74) is 5.53. The van der Waals surface area contributed by atoms with Crippen LogP contribution in [0.25, 0.3) is 16.7 Å².